The number of amides is 4. The van der Waals surface area contributed by atoms with Crippen molar-refractivity contribution in [3.05, 3.63) is 126 Å². The first kappa shape index (κ1) is 32.8. The Hall–Kier alpha value is -5.72. The maximum Gasteiger partial charge on any atom is 0.334 e. The first-order chi connectivity index (χ1) is 24.3. The fraction of sp³-hybridized carbons (Fsp3) is 0.211. The van der Waals surface area contributed by atoms with Gasteiger partial charge in [0.15, 0.2) is 0 Å². The van der Waals surface area contributed by atoms with E-state index in [1.54, 1.807) is 62.3 Å². The van der Waals surface area contributed by atoms with Crippen molar-refractivity contribution < 1.29 is 24.6 Å². The van der Waals surface area contributed by atoms with E-state index in [-0.39, 0.29) is 62.5 Å². The SMILES string of the molecule is C=CCN1CC(=O)N2[C@@H](Cc3ccc(O)cc3)C(=O)N(Cc3cccc4sc(-c5ccc(O)cc5)nc34)C[C@@H]2N1C(=O)NCc1ccccc1. The molecule has 0 radical (unpaired) electrons. The molecule has 2 aliphatic rings. The first-order valence-electron chi connectivity index (χ1n) is 16.3. The molecule has 2 aliphatic heterocycles. The number of aromatic hydroxyl groups is 2. The molecule has 254 valence electrons. The summed E-state index contributed by atoms with van der Waals surface area (Å²) in [5.41, 5.74) is 4.15. The van der Waals surface area contributed by atoms with Crippen LogP contribution in [0.4, 0.5) is 4.79 Å². The fourth-order valence-electron chi connectivity index (χ4n) is 6.62. The number of benzene rings is 4. The number of nitrogens with zero attached hydrogens (tertiary/aromatic N) is 5. The van der Waals surface area contributed by atoms with E-state index >= 15 is 0 Å². The Kier molecular flexibility index (Phi) is 9.20. The molecule has 4 aromatic carbocycles. The molecule has 2 fully saturated rings. The quantitative estimate of drug-likeness (QED) is 0.184. The summed E-state index contributed by atoms with van der Waals surface area (Å²) in [6.07, 6.45) is 1.05. The van der Waals surface area contributed by atoms with Gasteiger partial charge in [-0.05, 0) is 59.2 Å². The molecule has 2 atom stereocenters. The van der Waals surface area contributed by atoms with Gasteiger partial charge in [0, 0.05) is 31.6 Å². The number of nitrogens with one attached hydrogen (secondary N) is 1. The van der Waals surface area contributed by atoms with Gasteiger partial charge in [0.05, 0.1) is 23.3 Å². The Morgan fingerprint density at radius 2 is 1.64 bits per heavy atom. The average molecular weight is 689 g/mol. The number of fused-ring (bicyclic) bond motifs is 2. The smallest absolute Gasteiger partial charge is 0.334 e. The van der Waals surface area contributed by atoms with Crippen LogP contribution in [0, 0.1) is 0 Å². The number of hydrogen-bond acceptors (Lipinski definition) is 8. The molecule has 2 saturated heterocycles. The minimum Gasteiger partial charge on any atom is -0.508 e. The summed E-state index contributed by atoms with van der Waals surface area (Å²) in [6.45, 7) is 4.59. The highest BCUT2D eigenvalue weighted by Gasteiger charge is 2.51. The number of aromatic nitrogens is 1. The van der Waals surface area contributed by atoms with Crippen molar-refractivity contribution in [1.82, 2.24) is 30.1 Å². The zero-order chi connectivity index (χ0) is 34.8. The summed E-state index contributed by atoms with van der Waals surface area (Å²) < 4.78 is 0.948. The summed E-state index contributed by atoms with van der Waals surface area (Å²) in [5.74, 6) is -0.233. The summed E-state index contributed by atoms with van der Waals surface area (Å²) >= 11 is 1.52. The highest BCUT2D eigenvalue weighted by Crippen LogP contribution is 2.35. The summed E-state index contributed by atoms with van der Waals surface area (Å²) in [4.78, 5) is 50.7. The van der Waals surface area contributed by atoms with Crippen LogP contribution in [0.2, 0.25) is 0 Å². The van der Waals surface area contributed by atoms with Gasteiger partial charge in [-0.3, -0.25) is 9.59 Å². The molecule has 50 heavy (non-hydrogen) atoms. The molecule has 0 bridgehead atoms. The zero-order valence-electron chi connectivity index (χ0n) is 27.2. The normalized spacial score (nSPS) is 18.0. The van der Waals surface area contributed by atoms with Gasteiger partial charge >= 0.3 is 6.03 Å². The van der Waals surface area contributed by atoms with E-state index in [0.29, 0.717) is 0 Å². The maximum absolute atomic E-state index is 14.5. The van der Waals surface area contributed by atoms with E-state index in [9.17, 15) is 24.6 Å². The predicted molar refractivity (Wildman–Crippen MR) is 191 cm³/mol. The van der Waals surface area contributed by atoms with Gasteiger partial charge in [-0.25, -0.2) is 19.8 Å². The molecule has 3 N–H and O–H groups in total. The number of hydrazine groups is 1. The van der Waals surface area contributed by atoms with E-state index < -0.39 is 18.2 Å². The van der Waals surface area contributed by atoms with Gasteiger partial charge in [0.25, 0.3) is 0 Å². The van der Waals surface area contributed by atoms with E-state index in [2.05, 4.69) is 11.9 Å². The van der Waals surface area contributed by atoms with Crippen molar-refractivity contribution in [2.24, 2.45) is 0 Å². The second-order valence-corrected chi connectivity index (χ2v) is 13.4. The predicted octanol–water partition coefficient (Wildman–Crippen LogP) is 5.11. The molecule has 4 amide bonds. The third-order valence-electron chi connectivity index (χ3n) is 9.01. The lowest BCUT2D eigenvalue weighted by Crippen LogP contribution is -2.76. The number of carbonyl (C=O) groups excluding carboxylic acids is 3. The topological polar surface area (TPSA) is 130 Å². The van der Waals surface area contributed by atoms with Crippen LogP contribution >= 0.6 is 11.3 Å². The van der Waals surface area contributed by atoms with Crippen LogP contribution in [0.25, 0.3) is 20.8 Å². The number of carbonyl (C=O) groups is 3. The Labute approximate surface area is 293 Å². The van der Waals surface area contributed by atoms with Crippen molar-refractivity contribution in [3.8, 4) is 22.1 Å². The van der Waals surface area contributed by atoms with Gasteiger partial charge in [0.1, 0.15) is 28.7 Å². The molecule has 12 heteroatoms. The number of hydrogen-bond donors (Lipinski definition) is 3. The third-order valence-corrected chi connectivity index (χ3v) is 10.1. The zero-order valence-corrected chi connectivity index (χ0v) is 28.0. The lowest BCUT2D eigenvalue weighted by molar-refractivity contribution is -0.189. The third kappa shape index (κ3) is 6.63. The molecule has 0 spiro atoms. The number of para-hydroxylation sites is 1. The number of piperazine rings is 1. The molecule has 7 rings (SSSR count). The van der Waals surface area contributed by atoms with Gasteiger partial charge in [-0.2, -0.15) is 0 Å². The van der Waals surface area contributed by atoms with Crippen LogP contribution in [0.1, 0.15) is 16.7 Å². The van der Waals surface area contributed by atoms with Gasteiger partial charge < -0.3 is 25.3 Å². The molecule has 0 aliphatic carbocycles. The van der Waals surface area contributed by atoms with Crippen molar-refractivity contribution >= 4 is 39.4 Å². The number of phenolic OH excluding ortho intramolecular Hbond substituents is 2. The van der Waals surface area contributed by atoms with E-state index in [4.69, 9.17) is 4.98 Å². The van der Waals surface area contributed by atoms with Crippen molar-refractivity contribution in [3.63, 3.8) is 0 Å². The first-order valence-corrected chi connectivity index (χ1v) is 17.1. The second-order valence-electron chi connectivity index (χ2n) is 12.3. The molecule has 0 saturated carbocycles. The van der Waals surface area contributed by atoms with E-state index in [1.807, 2.05) is 60.7 Å². The largest absolute Gasteiger partial charge is 0.508 e. The minimum absolute atomic E-state index is 0.0778. The maximum atomic E-state index is 14.5. The fourth-order valence-corrected chi connectivity index (χ4v) is 7.64. The van der Waals surface area contributed by atoms with Crippen molar-refractivity contribution in [2.75, 3.05) is 19.6 Å². The van der Waals surface area contributed by atoms with E-state index in [1.165, 1.54) is 11.3 Å². The molecular formula is C38H36N6O5S. The molecule has 5 aromatic rings. The highest BCUT2D eigenvalue weighted by molar-refractivity contribution is 7.21. The molecule has 0 unspecified atom stereocenters. The summed E-state index contributed by atoms with van der Waals surface area (Å²) in [6, 6.07) is 27.6. The van der Waals surface area contributed by atoms with Crippen LogP contribution in [0.5, 0.6) is 11.5 Å². The van der Waals surface area contributed by atoms with Crippen LogP contribution in [-0.2, 0) is 29.1 Å². The Bertz CT molecular complexity index is 2030. The van der Waals surface area contributed by atoms with Crippen LogP contribution in [0.3, 0.4) is 0 Å². The Morgan fingerprint density at radius 3 is 2.36 bits per heavy atom. The molecule has 3 heterocycles. The van der Waals surface area contributed by atoms with Crippen molar-refractivity contribution in [2.45, 2.75) is 31.7 Å². The lowest BCUT2D eigenvalue weighted by Gasteiger charge is -2.55. The van der Waals surface area contributed by atoms with Gasteiger partial charge in [-0.15, -0.1) is 17.9 Å². The number of thiazole rings is 1. The molecule has 11 nitrogen and oxygen atoms in total. The number of urea groups is 1. The molecule has 1 aromatic heterocycles. The standard InChI is InChI=1S/C38H36N6O5S/c1-2-19-42-24-34(47)43-31(20-25-11-15-29(45)16-12-25)37(48)41(23-33(43)44(42)38(49)39-21-26-7-4-3-5-8-26)22-28-9-6-10-32-35(28)40-36(50-32)27-13-17-30(46)18-14-27/h2-18,31,33,45-46H,1,19-24H2,(H,39,49)/t31-,33-/m0/s1. The van der Waals surface area contributed by atoms with Crippen molar-refractivity contribution in [1.29, 1.82) is 0 Å². The van der Waals surface area contributed by atoms with Crippen LogP contribution < -0.4 is 5.32 Å². The summed E-state index contributed by atoms with van der Waals surface area (Å²) in [7, 11) is 0. The monoisotopic (exact) mass is 688 g/mol. The Balaban J connectivity index is 1.25. The van der Waals surface area contributed by atoms with Crippen LogP contribution in [-0.4, -0.2) is 84.7 Å². The number of rotatable bonds is 9. The van der Waals surface area contributed by atoms with E-state index in [0.717, 1.165) is 37.5 Å². The minimum atomic E-state index is -0.900. The Morgan fingerprint density at radius 1 is 0.920 bits per heavy atom. The average Bonchev–Trinajstić information content (AvgIpc) is 3.56. The number of phenols is 2. The van der Waals surface area contributed by atoms with Crippen LogP contribution in [0.15, 0.2) is 110 Å². The summed E-state index contributed by atoms with van der Waals surface area (Å²) in [5, 5.41) is 26.7. The van der Waals surface area contributed by atoms with Gasteiger partial charge in [-0.1, -0.05) is 60.7 Å². The highest BCUT2D eigenvalue weighted by atomic mass is 32.1. The lowest BCUT2D eigenvalue weighted by atomic mass is 9.98. The van der Waals surface area contributed by atoms with Gasteiger partial charge in [0.2, 0.25) is 11.8 Å². The molecular weight excluding hydrogens is 653 g/mol. The second kappa shape index (κ2) is 14.0.